The summed E-state index contributed by atoms with van der Waals surface area (Å²) in [5.41, 5.74) is 0.379. The Bertz CT molecular complexity index is 547. The van der Waals surface area contributed by atoms with Crippen molar-refractivity contribution in [1.82, 2.24) is 5.32 Å². The molecule has 1 rings (SSSR count). The van der Waals surface area contributed by atoms with E-state index in [1.54, 1.807) is 24.3 Å². The number of amides is 2. The van der Waals surface area contributed by atoms with Crippen molar-refractivity contribution >= 4 is 17.5 Å². The van der Waals surface area contributed by atoms with Crippen LogP contribution < -0.4 is 10.6 Å². The fourth-order valence-electron chi connectivity index (χ4n) is 1.86. The van der Waals surface area contributed by atoms with Crippen LogP contribution in [0.1, 0.15) is 51.4 Å². The van der Waals surface area contributed by atoms with Crippen molar-refractivity contribution in [3.05, 3.63) is 29.8 Å². The predicted octanol–water partition coefficient (Wildman–Crippen LogP) is 2.81. The highest BCUT2D eigenvalue weighted by molar-refractivity contribution is 6.04. The number of hydrogen-bond donors (Lipinski definition) is 3. The van der Waals surface area contributed by atoms with Gasteiger partial charge in [-0.15, -0.1) is 0 Å². The van der Waals surface area contributed by atoms with E-state index in [2.05, 4.69) is 10.6 Å². The molecule has 0 saturated carbocycles. The number of nitrogens with one attached hydrogen (secondary N) is 2. The SMILES string of the molecule is CC(C)C(O)CCNC(=O)c1ccccc1NC(=O)C(C)(C)C. The van der Waals surface area contributed by atoms with Crippen molar-refractivity contribution in [2.75, 3.05) is 11.9 Å². The van der Waals surface area contributed by atoms with E-state index >= 15 is 0 Å². The van der Waals surface area contributed by atoms with Crippen molar-refractivity contribution in [1.29, 1.82) is 0 Å². The fraction of sp³-hybridized carbons (Fsp3) is 0.556. The third-order valence-corrected chi connectivity index (χ3v) is 3.60. The Morgan fingerprint density at radius 1 is 1.17 bits per heavy atom. The second-order valence-corrected chi connectivity index (χ2v) is 7.11. The molecule has 23 heavy (non-hydrogen) atoms. The van der Waals surface area contributed by atoms with Gasteiger partial charge in [-0.2, -0.15) is 0 Å². The van der Waals surface area contributed by atoms with E-state index in [1.165, 1.54) is 0 Å². The molecular formula is C18H28N2O3. The summed E-state index contributed by atoms with van der Waals surface area (Å²) in [6, 6.07) is 6.91. The Hall–Kier alpha value is -1.88. The topological polar surface area (TPSA) is 78.4 Å². The minimum atomic E-state index is -0.537. The second kappa shape index (κ2) is 8.11. The summed E-state index contributed by atoms with van der Waals surface area (Å²) in [7, 11) is 0. The van der Waals surface area contributed by atoms with Crippen LogP contribution in [0.2, 0.25) is 0 Å². The van der Waals surface area contributed by atoms with Gasteiger partial charge in [0.1, 0.15) is 0 Å². The van der Waals surface area contributed by atoms with Gasteiger partial charge in [0, 0.05) is 12.0 Å². The molecule has 0 bridgehead atoms. The van der Waals surface area contributed by atoms with Crippen LogP contribution in [0, 0.1) is 11.3 Å². The number of para-hydroxylation sites is 1. The lowest BCUT2D eigenvalue weighted by atomic mass is 9.95. The van der Waals surface area contributed by atoms with Gasteiger partial charge in [0.25, 0.3) is 5.91 Å². The van der Waals surface area contributed by atoms with Crippen LogP contribution in [-0.4, -0.2) is 29.6 Å². The van der Waals surface area contributed by atoms with Gasteiger partial charge >= 0.3 is 0 Å². The third kappa shape index (κ3) is 6.02. The molecule has 5 nitrogen and oxygen atoms in total. The summed E-state index contributed by atoms with van der Waals surface area (Å²) in [5.74, 6) is -0.246. The highest BCUT2D eigenvalue weighted by Crippen LogP contribution is 2.20. The minimum Gasteiger partial charge on any atom is -0.393 e. The van der Waals surface area contributed by atoms with Gasteiger partial charge in [0.2, 0.25) is 5.91 Å². The summed E-state index contributed by atoms with van der Waals surface area (Å²) >= 11 is 0. The zero-order valence-corrected chi connectivity index (χ0v) is 14.6. The second-order valence-electron chi connectivity index (χ2n) is 7.11. The van der Waals surface area contributed by atoms with Crippen LogP contribution in [0.4, 0.5) is 5.69 Å². The van der Waals surface area contributed by atoms with Crippen LogP contribution in [0.15, 0.2) is 24.3 Å². The lowest BCUT2D eigenvalue weighted by molar-refractivity contribution is -0.123. The summed E-state index contributed by atoms with van der Waals surface area (Å²) in [6.07, 6.45) is 0.0612. The van der Waals surface area contributed by atoms with Gasteiger partial charge in [-0.1, -0.05) is 46.8 Å². The number of hydrogen-bond acceptors (Lipinski definition) is 3. The molecule has 128 valence electrons. The summed E-state index contributed by atoms with van der Waals surface area (Å²) in [5, 5.41) is 15.4. The Labute approximate surface area is 138 Å². The Balaban J connectivity index is 2.73. The molecule has 5 heteroatoms. The van der Waals surface area contributed by atoms with Gasteiger partial charge < -0.3 is 15.7 Å². The number of aliphatic hydroxyl groups excluding tert-OH is 1. The highest BCUT2D eigenvalue weighted by Gasteiger charge is 2.23. The zero-order chi connectivity index (χ0) is 17.6. The van der Waals surface area contributed by atoms with Crippen molar-refractivity contribution < 1.29 is 14.7 Å². The molecule has 0 aliphatic carbocycles. The first-order chi connectivity index (χ1) is 10.6. The number of anilines is 1. The van der Waals surface area contributed by atoms with Gasteiger partial charge in [0.05, 0.1) is 17.4 Å². The van der Waals surface area contributed by atoms with Gasteiger partial charge in [-0.25, -0.2) is 0 Å². The van der Waals surface area contributed by atoms with Crippen molar-refractivity contribution in [2.45, 2.75) is 47.1 Å². The number of carbonyl (C=O) groups is 2. The molecule has 0 heterocycles. The molecule has 0 aliphatic heterocycles. The molecule has 0 aliphatic rings. The first kappa shape index (κ1) is 19.2. The van der Waals surface area contributed by atoms with E-state index in [0.717, 1.165) is 0 Å². The maximum Gasteiger partial charge on any atom is 0.253 e. The normalized spacial score (nSPS) is 12.8. The molecule has 1 aromatic carbocycles. The molecule has 0 radical (unpaired) electrons. The minimum absolute atomic E-state index is 0.145. The molecule has 1 aromatic rings. The van der Waals surface area contributed by atoms with Crippen molar-refractivity contribution in [2.24, 2.45) is 11.3 Å². The molecular weight excluding hydrogens is 292 g/mol. The van der Waals surface area contributed by atoms with E-state index in [9.17, 15) is 14.7 Å². The summed E-state index contributed by atoms with van der Waals surface area (Å²) < 4.78 is 0. The third-order valence-electron chi connectivity index (χ3n) is 3.60. The molecule has 0 aromatic heterocycles. The van der Waals surface area contributed by atoms with Crippen molar-refractivity contribution in [3.8, 4) is 0 Å². The maximum absolute atomic E-state index is 12.3. The first-order valence-corrected chi connectivity index (χ1v) is 7.99. The standard InChI is InChI=1S/C18H28N2O3/c1-12(2)15(21)10-11-19-16(22)13-8-6-7-9-14(13)20-17(23)18(3,4)5/h6-9,12,15,21H,10-11H2,1-5H3,(H,19,22)(H,20,23). The van der Waals surface area contributed by atoms with Crippen LogP contribution in [0.25, 0.3) is 0 Å². The summed E-state index contributed by atoms with van der Waals surface area (Å²) in [4.78, 5) is 24.4. The lowest BCUT2D eigenvalue weighted by Crippen LogP contribution is -2.31. The van der Waals surface area contributed by atoms with Gasteiger partial charge in [-0.3, -0.25) is 9.59 Å². The van der Waals surface area contributed by atoms with Gasteiger partial charge in [0.15, 0.2) is 0 Å². The van der Waals surface area contributed by atoms with E-state index in [1.807, 2.05) is 34.6 Å². The van der Waals surface area contributed by atoms with Crippen molar-refractivity contribution in [3.63, 3.8) is 0 Å². The molecule has 0 spiro atoms. The molecule has 1 atom stereocenters. The largest absolute Gasteiger partial charge is 0.393 e. The Morgan fingerprint density at radius 2 is 1.78 bits per heavy atom. The van der Waals surface area contributed by atoms with E-state index in [-0.39, 0.29) is 17.7 Å². The lowest BCUT2D eigenvalue weighted by Gasteiger charge is -2.19. The first-order valence-electron chi connectivity index (χ1n) is 7.99. The molecule has 0 fully saturated rings. The Morgan fingerprint density at radius 3 is 2.35 bits per heavy atom. The average Bonchev–Trinajstić information content (AvgIpc) is 2.46. The smallest absolute Gasteiger partial charge is 0.253 e. The van der Waals surface area contributed by atoms with Crippen LogP contribution in [0.3, 0.4) is 0 Å². The monoisotopic (exact) mass is 320 g/mol. The quantitative estimate of drug-likeness (QED) is 0.754. The van der Waals surface area contributed by atoms with Crippen LogP contribution >= 0.6 is 0 Å². The van der Waals surface area contributed by atoms with E-state index < -0.39 is 11.5 Å². The maximum atomic E-state index is 12.3. The molecule has 1 unspecified atom stereocenters. The average molecular weight is 320 g/mol. The molecule has 0 saturated heterocycles. The molecule has 3 N–H and O–H groups in total. The number of benzene rings is 1. The number of rotatable bonds is 6. The van der Waals surface area contributed by atoms with E-state index in [0.29, 0.717) is 24.2 Å². The number of carbonyl (C=O) groups excluding carboxylic acids is 2. The number of aliphatic hydroxyl groups is 1. The van der Waals surface area contributed by atoms with Gasteiger partial charge in [-0.05, 0) is 24.5 Å². The zero-order valence-electron chi connectivity index (χ0n) is 14.6. The fourth-order valence-corrected chi connectivity index (χ4v) is 1.86. The molecule has 2 amide bonds. The summed E-state index contributed by atoms with van der Waals surface area (Å²) in [6.45, 7) is 9.71. The van der Waals surface area contributed by atoms with Crippen LogP contribution in [0.5, 0.6) is 0 Å². The Kier molecular flexibility index (Phi) is 6.76. The van der Waals surface area contributed by atoms with E-state index in [4.69, 9.17) is 0 Å². The predicted molar refractivity (Wildman–Crippen MR) is 92.3 cm³/mol. The highest BCUT2D eigenvalue weighted by atomic mass is 16.3. The van der Waals surface area contributed by atoms with Crippen LogP contribution in [-0.2, 0) is 4.79 Å².